The van der Waals surface area contributed by atoms with Crippen LogP contribution in [0.25, 0.3) is 0 Å². The van der Waals surface area contributed by atoms with Gasteiger partial charge in [0.25, 0.3) is 0 Å². The molecule has 0 radical (unpaired) electrons. The number of amides is 1. The van der Waals surface area contributed by atoms with E-state index < -0.39 is 5.41 Å². The summed E-state index contributed by atoms with van der Waals surface area (Å²) in [6, 6.07) is 21.2. The Balaban J connectivity index is 1.91. The van der Waals surface area contributed by atoms with Gasteiger partial charge >= 0.3 is 0 Å². The molecule has 0 aliphatic carbocycles. The first-order chi connectivity index (χ1) is 15.7. The van der Waals surface area contributed by atoms with Gasteiger partial charge in [-0.2, -0.15) is 0 Å². The molecule has 32 heavy (non-hydrogen) atoms. The summed E-state index contributed by atoms with van der Waals surface area (Å²) in [5.74, 6) is 0.847. The van der Waals surface area contributed by atoms with E-state index in [0.29, 0.717) is 5.92 Å². The summed E-state index contributed by atoms with van der Waals surface area (Å²) in [4.78, 5) is 19.3. The average Bonchev–Trinajstić information content (AvgIpc) is 3.40. The summed E-state index contributed by atoms with van der Waals surface area (Å²) in [5, 5.41) is 0. The van der Waals surface area contributed by atoms with Crippen LogP contribution in [-0.2, 0) is 14.9 Å². The predicted molar refractivity (Wildman–Crippen MR) is 130 cm³/mol. The van der Waals surface area contributed by atoms with Crippen molar-refractivity contribution in [3.8, 4) is 0 Å². The van der Waals surface area contributed by atoms with E-state index in [1.807, 2.05) is 0 Å². The Morgan fingerprint density at radius 1 is 0.906 bits per heavy atom. The minimum Gasteiger partial charge on any atom is -0.379 e. The average molecular weight is 435 g/mol. The molecule has 2 aliphatic heterocycles. The van der Waals surface area contributed by atoms with E-state index in [1.165, 1.54) is 0 Å². The Morgan fingerprint density at radius 3 is 1.94 bits per heavy atom. The molecule has 4 nitrogen and oxygen atoms in total. The molecule has 0 spiro atoms. The number of carbonyl (C=O) groups is 1. The first-order valence-corrected chi connectivity index (χ1v) is 12.4. The summed E-state index contributed by atoms with van der Waals surface area (Å²) >= 11 is 0. The van der Waals surface area contributed by atoms with Crippen LogP contribution >= 0.6 is 0 Å². The number of carbonyl (C=O) groups excluding carboxylic acids is 1. The molecule has 2 aromatic rings. The lowest BCUT2D eigenvalue weighted by Gasteiger charge is -2.47. The van der Waals surface area contributed by atoms with E-state index in [4.69, 9.17) is 4.74 Å². The lowest BCUT2D eigenvalue weighted by atomic mass is 9.60. The number of hydrogen-bond acceptors (Lipinski definition) is 3. The van der Waals surface area contributed by atoms with Crippen molar-refractivity contribution < 1.29 is 9.53 Å². The third kappa shape index (κ3) is 4.49. The molecule has 2 heterocycles. The number of likely N-dealkylation sites (tertiary alicyclic amines) is 1. The van der Waals surface area contributed by atoms with Gasteiger partial charge in [0.05, 0.1) is 13.2 Å². The van der Waals surface area contributed by atoms with E-state index in [-0.39, 0.29) is 11.8 Å². The number of benzene rings is 2. The number of morpholine rings is 1. The second-order valence-electron chi connectivity index (χ2n) is 9.44. The third-order valence-corrected chi connectivity index (χ3v) is 7.63. The molecular formula is C28H38N2O2. The maximum absolute atomic E-state index is 14.7. The van der Waals surface area contributed by atoms with Gasteiger partial charge in [0.2, 0.25) is 5.91 Å². The molecule has 2 aromatic carbocycles. The van der Waals surface area contributed by atoms with Crippen LogP contribution in [0.15, 0.2) is 60.7 Å². The fourth-order valence-electron chi connectivity index (χ4n) is 5.66. The van der Waals surface area contributed by atoms with Gasteiger partial charge in [-0.15, -0.1) is 0 Å². The molecule has 4 heteroatoms. The Kier molecular flexibility index (Phi) is 7.64. The van der Waals surface area contributed by atoms with Crippen molar-refractivity contribution in [1.29, 1.82) is 0 Å². The molecule has 0 unspecified atom stereocenters. The maximum atomic E-state index is 14.7. The fourth-order valence-corrected chi connectivity index (χ4v) is 5.66. The minimum absolute atomic E-state index is 0.170. The zero-order valence-corrected chi connectivity index (χ0v) is 19.7. The van der Waals surface area contributed by atoms with Gasteiger partial charge < -0.3 is 9.64 Å². The highest BCUT2D eigenvalue weighted by atomic mass is 16.5. The highest BCUT2D eigenvalue weighted by Gasteiger charge is 2.52. The van der Waals surface area contributed by atoms with Gasteiger partial charge in [0.1, 0.15) is 5.41 Å². The number of ether oxygens (including phenoxy) is 1. The number of rotatable bonds is 8. The van der Waals surface area contributed by atoms with Crippen LogP contribution in [0.3, 0.4) is 0 Å². The van der Waals surface area contributed by atoms with Crippen molar-refractivity contribution in [2.45, 2.75) is 38.5 Å². The Labute approximate surface area is 193 Å². The zero-order valence-electron chi connectivity index (χ0n) is 19.7. The quantitative estimate of drug-likeness (QED) is 0.609. The van der Waals surface area contributed by atoms with Crippen molar-refractivity contribution in [2.24, 2.45) is 11.8 Å². The number of hydrogen-bond donors (Lipinski definition) is 0. The van der Waals surface area contributed by atoms with Crippen molar-refractivity contribution >= 4 is 5.91 Å². The van der Waals surface area contributed by atoms with E-state index in [2.05, 4.69) is 84.3 Å². The first kappa shape index (κ1) is 23.0. The topological polar surface area (TPSA) is 32.8 Å². The van der Waals surface area contributed by atoms with Gasteiger partial charge in [-0.25, -0.2) is 0 Å². The van der Waals surface area contributed by atoms with Crippen molar-refractivity contribution in [3.63, 3.8) is 0 Å². The van der Waals surface area contributed by atoms with Crippen molar-refractivity contribution in [2.75, 3.05) is 45.9 Å². The second-order valence-corrected chi connectivity index (χ2v) is 9.44. The van der Waals surface area contributed by atoms with Crippen LogP contribution in [0.1, 0.15) is 44.2 Å². The molecule has 2 atom stereocenters. The Hall–Kier alpha value is -2.17. The van der Waals surface area contributed by atoms with Gasteiger partial charge in [0.15, 0.2) is 0 Å². The zero-order chi connectivity index (χ0) is 22.4. The molecule has 2 saturated heterocycles. The van der Waals surface area contributed by atoms with Crippen molar-refractivity contribution in [3.05, 3.63) is 71.8 Å². The van der Waals surface area contributed by atoms with Crippen LogP contribution in [0, 0.1) is 11.8 Å². The summed E-state index contributed by atoms with van der Waals surface area (Å²) < 4.78 is 5.63. The van der Waals surface area contributed by atoms with Crippen LogP contribution < -0.4 is 0 Å². The predicted octanol–water partition coefficient (Wildman–Crippen LogP) is 4.59. The van der Waals surface area contributed by atoms with Gasteiger partial charge in [-0.05, 0) is 35.8 Å². The minimum atomic E-state index is -0.694. The van der Waals surface area contributed by atoms with Crippen LogP contribution in [0.2, 0.25) is 0 Å². The molecule has 2 aliphatic rings. The van der Waals surface area contributed by atoms with E-state index in [0.717, 1.165) is 76.3 Å². The summed E-state index contributed by atoms with van der Waals surface area (Å²) in [5.41, 5.74) is 1.56. The molecule has 0 N–H and O–H groups in total. The van der Waals surface area contributed by atoms with Crippen LogP contribution in [0.4, 0.5) is 0 Å². The summed E-state index contributed by atoms with van der Waals surface area (Å²) in [6.45, 7) is 10.7. The first-order valence-electron chi connectivity index (χ1n) is 12.4. The van der Waals surface area contributed by atoms with Gasteiger partial charge in [-0.3, -0.25) is 9.69 Å². The standard InChI is InChI=1S/C28H38N2O2/c1-3-23(2)26(22-29-18-20-32-21-19-29)28(24-12-6-4-7-13-24,25-14-8-5-9-15-25)27(31)30-16-10-11-17-30/h4-9,12-15,23,26H,3,10-11,16-22H2,1-2H3/t23-,26+/m0/s1. The van der Waals surface area contributed by atoms with Gasteiger partial charge in [-0.1, -0.05) is 80.9 Å². The highest BCUT2D eigenvalue weighted by Crippen LogP contribution is 2.46. The fraction of sp³-hybridized carbons (Fsp3) is 0.536. The normalized spacial score (nSPS) is 19.6. The Bertz CT molecular complexity index is 803. The molecule has 0 bridgehead atoms. The molecule has 0 aromatic heterocycles. The van der Waals surface area contributed by atoms with Crippen LogP contribution in [-0.4, -0.2) is 61.6 Å². The molecular weight excluding hydrogens is 396 g/mol. The smallest absolute Gasteiger partial charge is 0.238 e. The van der Waals surface area contributed by atoms with Crippen LogP contribution in [0.5, 0.6) is 0 Å². The molecule has 4 rings (SSSR count). The Morgan fingerprint density at radius 2 is 1.44 bits per heavy atom. The largest absolute Gasteiger partial charge is 0.379 e. The maximum Gasteiger partial charge on any atom is 0.238 e. The molecule has 0 saturated carbocycles. The van der Waals surface area contributed by atoms with Gasteiger partial charge in [0, 0.05) is 32.7 Å². The summed E-state index contributed by atoms with van der Waals surface area (Å²) in [7, 11) is 0. The number of nitrogens with zero attached hydrogens (tertiary/aromatic N) is 2. The van der Waals surface area contributed by atoms with E-state index in [9.17, 15) is 4.79 Å². The van der Waals surface area contributed by atoms with Crippen molar-refractivity contribution in [1.82, 2.24) is 9.80 Å². The third-order valence-electron chi connectivity index (χ3n) is 7.63. The molecule has 172 valence electrons. The van der Waals surface area contributed by atoms with E-state index in [1.54, 1.807) is 0 Å². The molecule has 2 fully saturated rings. The molecule has 1 amide bonds. The van der Waals surface area contributed by atoms with E-state index >= 15 is 0 Å². The lowest BCUT2D eigenvalue weighted by molar-refractivity contribution is -0.138. The lowest BCUT2D eigenvalue weighted by Crippen LogP contribution is -2.56. The second kappa shape index (κ2) is 10.6. The monoisotopic (exact) mass is 434 g/mol. The highest BCUT2D eigenvalue weighted by molar-refractivity contribution is 5.93. The summed E-state index contributed by atoms with van der Waals surface area (Å²) in [6.07, 6.45) is 3.25. The SMILES string of the molecule is CC[C@H](C)[C@@H](CN1CCOCC1)C(C(=O)N1CCCC1)(c1ccccc1)c1ccccc1.